The van der Waals surface area contributed by atoms with E-state index in [4.69, 9.17) is 0 Å². The molecule has 80 valence electrons. The topological polar surface area (TPSA) is 20.2 Å². The summed E-state index contributed by atoms with van der Waals surface area (Å²) in [6.07, 6.45) is 6.62. The normalized spacial score (nSPS) is 33.5. The highest BCUT2D eigenvalue weighted by atomic mass is 16.3. The molecule has 0 atom stereocenters. The molecule has 2 aliphatic rings. The molecular formula is C14H18O. The van der Waals surface area contributed by atoms with Crippen LogP contribution in [0.5, 0.6) is 5.75 Å². The number of aryl methyl sites for hydroxylation is 1. The second-order valence-corrected chi connectivity index (χ2v) is 5.45. The SMILES string of the molecule is Cc1ccc(O)c(C23CCC(CC2)C3)c1. The number of aromatic hydroxyl groups is 1. The Labute approximate surface area is 91.1 Å². The maximum Gasteiger partial charge on any atom is 0.119 e. The lowest BCUT2D eigenvalue weighted by Gasteiger charge is -2.28. The summed E-state index contributed by atoms with van der Waals surface area (Å²) < 4.78 is 0. The van der Waals surface area contributed by atoms with Gasteiger partial charge in [-0.25, -0.2) is 0 Å². The molecule has 0 heterocycles. The summed E-state index contributed by atoms with van der Waals surface area (Å²) >= 11 is 0. The van der Waals surface area contributed by atoms with Crippen LogP contribution in [0.2, 0.25) is 0 Å². The Morgan fingerprint density at radius 3 is 2.60 bits per heavy atom. The fourth-order valence-corrected chi connectivity index (χ4v) is 3.64. The zero-order chi connectivity index (χ0) is 10.5. The first-order valence-corrected chi connectivity index (χ1v) is 6.00. The van der Waals surface area contributed by atoms with Crippen LogP contribution in [0.1, 0.15) is 43.2 Å². The molecule has 1 aromatic carbocycles. The van der Waals surface area contributed by atoms with Crippen LogP contribution in [-0.4, -0.2) is 5.11 Å². The predicted molar refractivity (Wildman–Crippen MR) is 61.1 cm³/mol. The Hall–Kier alpha value is -0.980. The number of phenols is 1. The van der Waals surface area contributed by atoms with Gasteiger partial charge in [0.05, 0.1) is 0 Å². The molecule has 3 rings (SSSR count). The lowest BCUT2D eigenvalue weighted by molar-refractivity contribution is 0.389. The Morgan fingerprint density at radius 1 is 1.27 bits per heavy atom. The average Bonchev–Trinajstić information content (AvgIpc) is 2.82. The number of hydrogen-bond donors (Lipinski definition) is 1. The van der Waals surface area contributed by atoms with Crippen molar-refractivity contribution in [3.05, 3.63) is 29.3 Å². The van der Waals surface area contributed by atoms with Crippen LogP contribution in [-0.2, 0) is 5.41 Å². The van der Waals surface area contributed by atoms with E-state index >= 15 is 0 Å². The minimum absolute atomic E-state index is 0.334. The van der Waals surface area contributed by atoms with Gasteiger partial charge >= 0.3 is 0 Å². The summed E-state index contributed by atoms with van der Waals surface area (Å²) in [6.45, 7) is 2.11. The number of benzene rings is 1. The Kier molecular flexibility index (Phi) is 1.86. The van der Waals surface area contributed by atoms with Crippen molar-refractivity contribution in [1.82, 2.24) is 0 Å². The summed E-state index contributed by atoms with van der Waals surface area (Å²) in [5, 5.41) is 10.0. The molecule has 2 bridgehead atoms. The molecular weight excluding hydrogens is 184 g/mol. The van der Waals surface area contributed by atoms with Crippen molar-refractivity contribution in [2.24, 2.45) is 5.92 Å². The van der Waals surface area contributed by atoms with Gasteiger partial charge < -0.3 is 5.11 Å². The molecule has 0 amide bonds. The van der Waals surface area contributed by atoms with Crippen molar-refractivity contribution in [3.8, 4) is 5.75 Å². The van der Waals surface area contributed by atoms with E-state index in [-0.39, 0.29) is 0 Å². The van der Waals surface area contributed by atoms with Crippen LogP contribution in [0, 0.1) is 12.8 Å². The van der Waals surface area contributed by atoms with Crippen LogP contribution >= 0.6 is 0 Å². The lowest BCUT2D eigenvalue weighted by atomic mass is 9.77. The lowest BCUT2D eigenvalue weighted by Crippen LogP contribution is -2.19. The van der Waals surface area contributed by atoms with Crippen molar-refractivity contribution in [3.63, 3.8) is 0 Å². The van der Waals surface area contributed by atoms with E-state index in [9.17, 15) is 5.11 Å². The van der Waals surface area contributed by atoms with Crippen molar-refractivity contribution in [2.45, 2.75) is 44.4 Å². The predicted octanol–water partition coefficient (Wildman–Crippen LogP) is 3.53. The van der Waals surface area contributed by atoms with Crippen LogP contribution in [0.25, 0.3) is 0 Å². The fourth-order valence-electron chi connectivity index (χ4n) is 3.64. The summed E-state index contributed by atoms with van der Waals surface area (Å²) in [6, 6.07) is 6.06. The number of phenolic OH excluding ortho intramolecular Hbond substituents is 1. The molecule has 2 aliphatic carbocycles. The summed E-state index contributed by atoms with van der Waals surface area (Å²) in [7, 11) is 0. The van der Waals surface area contributed by atoms with E-state index in [0.717, 1.165) is 5.92 Å². The van der Waals surface area contributed by atoms with E-state index in [1.54, 1.807) is 0 Å². The minimum atomic E-state index is 0.334. The second-order valence-electron chi connectivity index (χ2n) is 5.45. The largest absolute Gasteiger partial charge is 0.508 e. The molecule has 0 radical (unpaired) electrons. The molecule has 1 nitrogen and oxygen atoms in total. The van der Waals surface area contributed by atoms with E-state index in [1.807, 2.05) is 12.1 Å². The highest BCUT2D eigenvalue weighted by Gasteiger charge is 2.46. The highest BCUT2D eigenvalue weighted by molar-refractivity contribution is 5.43. The molecule has 1 N–H and O–H groups in total. The van der Waals surface area contributed by atoms with Crippen LogP contribution < -0.4 is 0 Å². The number of rotatable bonds is 1. The second kappa shape index (κ2) is 3.01. The van der Waals surface area contributed by atoms with Gasteiger partial charge in [-0.05, 0) is 56.4 Å². The molecule has 0 aromatic heterocycles. The molecule has 1 aromatic rings. The highest BCUT2D eigenvalue weighted by Crippen LogP contribution is 2.57. The van der Waals surface area contributed by atoms with E-state index < -0.39 is 0 Å². The van der Waals surface area contributed by atoms with Gasteiger partial charge in [-0.1, -0.05) is 17.7 Å². The van der Waals surface area contributed by atoms with Crippen molar-refractivity contribution in [2.75, 3.05) is 0 Å². The van der Waals surface area contributed by atoms with Gasteiger partial charge in [0.1, 0.15) is 5.75 Å². The standard InChI is InChI=1S/C14H18O/c1-10-2-3-13(15)12(8-10)14-6-4-11(9-14)5-7-14/h2-3,8,11,15H,4-7,9H2,1H3. The monoisotopic (exact) mass is 202 g/mol. The first kappa shape index (κ1) is 9.26. The van der Waals surface area contributed by atoms with E-state index in [1.165, 1.54) is 43.2 Å². The molecule has 1 heteroatoms. The summed E-state index contributed by atoms with van der Waals surface area (Å²) in [5.41, 5.74) is 2.83. The van der Waals surface area contributed by atoms with Crippen molar-refractivity contribution in [1.29, 1.82) is 0 Å². The molecule has 2 fully saturated rings. The van der Waals surface area contributed by atoms with Gasteiger partial charge in [0.15, 0.2) is 0 Å². The zero-order valence-corrected chi connectivity index (χ0v) is 9.29. The maximum absolute atomic E-state index is 10.0. The third-order valence-electron chi connectivity index (χ3n) is 4.47. The van der Waals surface area contributed by atoms with Gasteiger partial charge in [0.2, 0.25) is 0 Å². The minimum Gasteiger partial charge on any atom is -0.508 e. The third kappa shape index (κ3) is 1.29. The quantitative estimate of drug-likeness (QED) is 0.738. The van der Waals surface area contributed by atoms with Gasteiger partial charge in [0, 0.05) is 5.56 Å². The number of hydrogen-bond acceptors (Lipinski definition) is 1. The van der Waals surface area contributed by atoms with Gasteiger partial charge in [0.25, 0.3) is 0 Å². The van der Waals surface area contributed by atoms with Crippen molar-refractivity contribution < 1.29 is 5.11 Å². The summed E-state index contributed by atoms with van der Waals surface area (Å²) in [5.74, 6) is 1.45. The van der Waals surface area contributed by atoms with E-state index in [2.05, 4.69) is 13.0 Å². The Morgan fingerprint density at radius 2 is 2.00 bits per heavy atom. The molecule has 0 spiro atoms. The molecule has 0 saturated heterocycles. The Bertz CT molecular complexity index is 386. The van der Waals surface area contributed by atoms with E-state index in [0.29, 0.717) is 11.2 Å². The smallest absolute Gasteiger partial charge is 0.119 e. The van der Waals surface area contributed by atoms with Gasteiger partial charge in [-0.2, -0.15) is 0 Å². The number of fused-ring (bicyclic) bond motifs is 2. The zero-order valence-electron chi connectivity index (χ0n) is 9.29. The average molecular weight is 202 g/mol. The summed E-state index contributed by atoms with van der Waals surface area (Å²) in [4.78, 5) is 0. The van der Waals surface area contributed by atoms with Gasteiger partial charge in [-0.3, -0.25) is 0 Å². The third-order valence-corrected chi connectivity index (χ3v) is 4.47. The van der Waals surface area contributed by atoms with Crippen LogP contribution in [0.15, 0.2) is 18.2 Å². The first-order valence-electron chi connectivity index (χ1n) is 6.00. The molecule has 0 aliphatic heterocycles. The van der Waals surface area contributed by atoms with Gasteiger partial charge in [-0.15, -0.1) is 0 Å². The maximum atomic E-state index is 10.0. The Balaban J connectivity index is 2.08. The fraction of sp³-hybridized carbons (Fsp3) is 0.571. The molecule has 2 saturated carbocycles. The first-order chi connectivity index (χ1) is 7.20. The molecule has 15 heavy (non-hydrogen) atoms. The van der Waals surface area contributed by atoms with Crippen LogP contribution in [0.3, 0.4) is 0 Å². The van der Waals surface area contributed by atoms with Crippen LogP contribution in [0.4, 0.5) is 0 Å². The van der Waals surface area contributed by atoms with Crippen molar-refractivity contribution >= 4 is 0 Å². The molecule has 0 unspecified atom stereocenters.